The number of amides is 1. The van der Waals surface area contributed by atoms with Crippen LogP contribution in [0.15, 0.2) is 18.2 Å². The number of benzene rings is 1. The van der Waals surface area contributed by atoms with Gasteiger partial charge in [0.1, 0.15) is 5.75 Å². The number of nitro groups is 1. The molecular formula is C14H18N2O4. The minimum Gasteiger partial charge on any atom is -0.506 e. The number of nitrogens with zero attached hydrogens (tertiary/aromatic N) is 1. The number of phenols is 1. The third-order valence-corrected chi connectivity index (χ3v) is 3.84. The Labute approximate surface area is 117 Å². The van der Waals surface area contributed by atoms with Gasteiger partial charge in [-0.05, 0) is 37.7 Å². The molecule has 0 spiro atoms. The Morgan fingerprint density at radius 1 is 1.35 bits per heavy atom. The van der Waals surface area contributed by atoms with Gasteiger partial charge in [0.2, 0.25) is 5.91 Å². The van der Waals surface area contributed by atoms with Crippen LogP contribution in [0.5, 0.6) is 5.75 Å². The molecule has 1 aromatic rings. The zero-order valence-electron chi connectivity index (χ0n) is 11.3. The van der Waals surface area contributed by atoms with Gasteiger partial charge in [-0.2, -0.15) is 0 Å². The summed E-state index contributed by atoms with van der Waals surface area (Å²) < 4.78 is 0. The minimum atomic E-state index is -0.589. The van der Waals surface area contributed by atoms with Gasteiger partial charge in [-0.3, -0.25) is 14.9 Å². The topological polar surface area (TPSA) is 92.5 Å². The third-order valence-electron chi connectivity index (χ3n) is 3.84. The lowest BCUT2D eigenvalue weighted by atomic mass is 9.82. The van der Waals surface area contributed by atoms with Crippen molar-refractivity contribution >= 4 is 17.3 Å². The first-order chi connectivity index (χ1) is 9.47. The largest absolute Gasteiger partial charge is 0.506 e. The zero-order chi connectivity index (χ0) is 14.7. The number of carbonyl (C=O) groups excluding carboxylic acids is 1. The highest BCUT2D eigenvalue weighted by Crippen LogP contribution is 2.32. The van der Waals surface area contributed by atoms with Crippen LogP contribution in [0, 0.1) is 22.0 Å². The molecule has 2 rings (SSSR count). The van der Waals surface area contributed by atoms with Crippen molar-refractivity contribution in [3.8, 4) is 5.75 Å². The standard InChI is InChI=1S/C14H18N2O4/c1-9-2-4-10(5-3-9)14(18)15-12-7-6-11(16(19)20)8-13(12)17/h6-10,17H,2-5H2,1H3,(H,15,18). The molecule has 0 radical (unpaired) electrons. The number of phenolic OH excluding ortho intramolecular Hbond substituents is 1. The maximum Gasteiger partial charge on any atom is 0.273 e. The summed E-state index contributed by atoms with van der Waals surface area (Å²) in [5.74, 6) is 0.213. The van der Waals surface area contributed by atoms with Crippen molar-refractivity contribution < 1.29 is 14.8 Å². The number of carbonyl (C=O) groups is 1. The Morgan fingerprint density at radius 3 is 2.55 bits per heavy atom. The second kappa shape index (κ2) is 5.90. The predicted molar refractivity (Wildman–Crippen MR) is 74.5 cm³/mol. The maximum atomic E-state index is 12.1. The normalized spacial score (nSPS) is 22.2. The molecule has 0 aromatic heterocycles. The Kier molecular flexibility index (Phi) is 4.22. The van der Waals surface area contributed by atoms with E-state index in [0.717, 1.165) is 31.7 Å². The molecule has 6 nitrogen and oxygen atoms in total. The van der Waals surface area contributed by atoms with Crippen LogP contribution < -0.4 is 5.32 Å². The van der Waals surface area contributed by atoms with Crippen LogP contribution in [0.2, 0.25) is 0 Å². The molecule has 6 heteroatoms. The molecule has 0 heterocycles. The number of anilines is 1. The van der Waals surface area contributed by atoms with E-state index in [1.54, 1.807) is 0 Å². The number of nitrogens with one attached hydrogen (secondary N) is 1. The summed E-state index contributed by atoms with van der Waals surface area (Å²) in [5, 5.41) is 22.9. The predicted octanol–water partition coefficient (Wildman–Crippen LogP) is 3.07. The molecule has 1 fully saturated rings. The van der Waals surface area contributed by atoms with Crippen LogP contribution in [0.25, 0.3) is 0 Å². The molecule has 1 aromatic carbocycles. The van der Waals surface area contributed by atoms with Crippen molar-refractivity contribution in [3.05, 3.63) is 28.3 Å². The van der Waals surface area contributed by atoms with E-state index in [2.05, 4.69) is 12.2 Å². The van der Waals surface area contributed by atoms with Gasteiger partial charge in [-0.25, -0.2) is 0 Å². The van der Waals surface area contributed by atoms with E-state index in [9.17, 15) is 20.0 Å². The van der Waals surface area contributed by atoms with Gasteiger partial charge in [0.05, 0.1) is 16.7 Å². The highest BCUT2D eigenvalue weighted by atomic mass is 16.6. The van der Waals surface area contributed by atoms with E-state index in [4.69, 9.17) is 0 Å². The molecular weight excluding hydrogens is 260 g/mol. The van der Waals surface area contributed by atoms with E-state index in [1.807, 2.05) is 0 Å². The number of nitro benzene ring substituents is 1. The second-order valence-electron chi connectivity index (χ2n) is 5.40. The molecule has 108 valence electrons. The summed E-state index contributed by atoms with van der Waals surface area (Å²) in [6.45, 7) is 2.18. The van der Waals surface area contributed by atoms with Gasteiger partial charge in [-0.15, -0.1) is 0 Å². The molecule has 1 aliphatic rings. The molecule has 1 aliphatic carbocycles. The Bertz CT molecular complexity index is 522. The highest BCUT2D eigenvalue weighted by molar-refractivity contribution is 5.94. The fourth-order valence-corrected chi connectivity index (χ4v) is 2.50. The fraction of sp³-hybridized carbons (Fsp3) is 0.500. The maximum absolute atomic E-state index is 12.1. The van der Waals surface area contributed by atoms with Crippen LogP contribution in [0.3, 0.4) is 0 Å². The molecule has 0 atom stereocenters. The van der Waals surface area contributed by atoms with E-state index in [1.165, 1.54) is 12.1 Å². The van der Waals surface area contributed by atoms with Crippen molar-refractivity contribution in [1.29, 1.82) is 0 Å². The number of aromatic hydroxyl groups is 1. The summed E-state index contributed by atoms with van der Waals surface area (Å²) in [4.78, 5) is 22.1. The van der Waals surface area contributed by atoms with Gasteiger partial charge < -0.3 is 10.4 Å². The Balaban J connectivity index is 2.02. The van der Waals surface area contributed by atoms with Gasteiger partial charge in [-0.1, -0.05) is 6.92 Å². The van der Waals surface area contributed by atoms with Crippen molar-refractivity contribution in [2.45, 2.75) is 32.6 Å². The van der Waals surface area contributed by atoms with Crippen LogP contribution in [0.1, 0.15) is 32.6 Å². The van der Waals surface area contributed by atoms with Crippen LogP contribution in [-0.4, -0.2) is 15.9 Å². The second-order valence-corrected chi connectivity index (χ2v) is 5.40. The number of hydrogen-bond acceptors (Lipinski definition) is 4. The summed E-state index contributed by atoms with van der Waals surface area (Å²) in [7, 11) is 0. The lowest BCUT2D eigenvalue weighted by Gasteiger charge is -2.25. The van der Waals surface area contributed by atoms with Crippen molar-refractivity contribution in [1.82, 2.24) is 0 Å². The SMILES string of the molecule is CC1CCC(C(=O)Nc2ccc([N+](=O)[O-])cc2O)CC1. The summed E-state index contributed by atoms with van der Waals surface area (Å²) >= 11 is 0. The summed E-state index contributed by atoms with van der Waals surface area (Å²) in [6, 6.07) is 3.66. The Hall–Kier alpha value is -2.11. The molecule has 20 heavy (non-hydrogen) atoms. The molecule has 1 saturated carbocycles. The lowest BCUT2D eigenvalue weighted by Crippen LogP contribution is -2.26. The van der Waals surface area contributed by atoms with Crippen LogP contribution in [-0.2, 0) is 4.79 Å². The van der Waals surface area contributed by atoms with E-state index in [0.29, 0.717) is 5.92 Å². The van der Waals surface area contributed by atoms with Crippen molar-refractivity contribution in [2.24, 2.45) is 11.8 Å². The molecule has 0 saturated heterocycles. The first-order valence-electron chi connectivity index (χ1n) is 6.75. The smallest absolute Gasteiger partial charge is 0.273 e. The zero-order valence-corrected chi connectivity index (χ0v) is 11.3. The van der Waals surface area contributed by atoms with Crippen LogP contribution >= 0.6 is 0 Å². The first kappa shape index (κ1) is 14.3. The number of rotatable bonds is 3. The minimum absolute atomic E-state index is 0.0409. The molecule has 0 bridgehead atoms. The molecule has 0 aliphatic heterocycles. The first-order valence-corrected chi connectivity index (χ1v) is 6.75. The van der Waals surface area contributed by atoms with Gasteiger partial charge in [0.15, 0.2) is 0 Å². The lowest BCUT2D eigenvalue weighted by molar-refractivity contribution is -0.384. The monoisotopic (exact) mass is 278 g/mol. The molecule has 0 unspecified atom stereocenters. The number of non-ortho nitro benzene ring substituents is 1. The van der Waals surface area contributed by atoms with Gasteiger partial charge >= 0.3 is 0 Å². The van der Waals surface area contributed by atoms with Gasteiger partial charge in [0.25, 0.3) is 5.69 Å². The van der Waals surface area contributed by atoms with Gasteiger partial charge in [0, 0.05) is 12.0 Å². The summed E-state index contributed by atoms with van der Waals surface area (Å²) in [6.07, 6.45) is 3.76. The van der Waals surface area contributed by atoms with E-state index >= 15 is 0 Å². The molecule has 2 N–H and O–H groups in total. The van der Waals surface area contributed by atoms with E-state index in [-0.39, 0.29) is 28.9 Å². The van der Waals surface area contributed by atoms with Crippen LogP contribution in [0.4, 0.5) is 11.4 Å². The molecule has 1 amide bonds. The van der Waals surface area contributed by atoms with E-state index < -0.39 is 4.92 Å². The van der Waals surface area contributed by atoms with Crippen molar-refractivity contribution in [2.75, 3.05) is 5.32 Å². The quantitative estimate of drug-likeness (QED) is 0.505. The fourth-order valence-electron chi connectivity index (χ4n) is 2.50. The average Bonchev–Trinajstić information content (AvgIpc) is 2.41. The summed E-state index contributed by atoms with van der Waals surface area (Å²) in [5.41, 5.74) is 0.0196. The average molecular weight is 278 g/mol. The van der Waals surface area contributed by atoms with Crippen molar-refractivity contribution in [3.63, 3.8) is 0 Å². The Morgan fingerprint density at radius 2 is 2.00 bits per heavy atom. The third kappa shape index (κ3) is 3.26. The number of hydrogen-bond donors (Lipinski definition) is 2. The highest BCUT2D eigenvalue weighted by Gasteiger charge is 2.25.